The van der Waals surface area contributed by atoms with E-state index in [9.17, 15) is 9.59 Å². The minimum atomic E-state index is -0.311. The van der Waals surface area contributed by atoms with Crippen LogP contribution < -0.4 is 5.32 Å². The zero-order valence-corrected chi connectivity index (χ0v) is 18.0. The number of nitrogens with one attached hydrogen (secondary N) is 1. The van der Waals surface area contributed by atoms with Crippen molar-refractivity contribution in [2.45, 2.75) is 78.7 Å². The van der Waals surface area contributed by atoms with Crippen molar-refractivity contribution in [3.63, 3.8) is 0 Å². The van der Waals surface area contributed by atoms with Crippen LogP contribution in [0.2, 0.25) is 0 Å². The number of esters is 1. The third-order valence-corrected chi connectivity index (χ3v) is 6.49. The monoisotopic (exact) mass is 389 g/mol. The summed E-state index contributed by atoms with van der Waals surface area (Å²) in [6, 6.07) is 0. The summed E-state index contributed by atoms with van der Waals surface area (Å²) >= 11 is 0. The van der Waals surface area contributed by atoms with Crippen LogP contribution >= 0.6 is 0 Å². The summed E-state index contributed by atoms with van der Waals surface area (Å²) in [6.07, 6.45) is 6.72. The molecular formula is C23H35NO4. The number of ether oxygens (including phenoxy) is 2. The van der Waals surface area contributed by atoms with Gasteiger partial charge in [-0.15, -0.1) is 0 Å². The van der Waals surface area contributed by atoms with Gasteiger partial charge in [0.1, 0.15) is 0 Å². The fourth-order valence-electron chi connectivity index (χ4n) is 5.17. The molecule has 2 aliphatic carbocycles. The Balaban J connectivity index is 2.14. The third kappa shape index (κ3) is 4.05. The molecule has 1 heterocycles. The lowest BCUT2D eigenvalue weighted by Gasteiger charge is -2.43. The molecule has 2 unspecified atom stereocenters. The molecule has 2 atom stereocenters. The summed E-state index contributed by atoms with van der Waals surface area (Å²) < 4.78 is 11.1. The Morgan fingerprint density at radius 3 is 2.50 bits per heavy atom. The topological polar surface area (TPSA) is 64.6 Å². The van der Waals surface area contributed by atoms with Crippen molar-refractivity contribution in [2.24, 2.45) is 17.3 Å². The van der Waals surface area contributed by atoms with E-state index in [0.29, 0.717) is 24.5 Å². The molecule has 28 heavy (non-hydrogen) atoms. The molecule has 0 radical (unpaired) electrons. The van der Waals surface area contributed by atoms with Gasteiger partial charge in [-0.3, -0.25) is 4.79 Å². The lowest BCUT2D eigenvalue weighted by atomic mass is 9.64. The number of Topliss-reactive ketones (excluding diaryl/α,β-unsaturated/α-hetero) is 1. The highest BCUT2D eigenvalue weighted by molar-refractivity contribution is 6.02. The molecule has 0 aromatic carbocycles. The van der Waals surface area contributed by atoms with Crippen molar-refractivity contribution in [1.82, 2.24) is 5.32 Å². The molecule has 1 aliphatic heterocycles. The highest BCUT2D eigenvalue weighted by Gasteiger charge is 2.46. The predicted octanol–water partition coefficient (Wildman–Crippen LogP) is 4.28. The molecule has 0 aromatic heterocycles. The van der Waals surface area contributed by atoms with Crippen molar-refractivity contribution in [3.05, 3.63) is 22.5 Å². The summed E-state index contributed by atoms with van der Waals surface area (Å²) in [4.78, 5) is 26.3. The van der Waals surface area contributed by atoms with E-state index in [-0.39, 0.29) is 29.2 Å². The van der Waals surface area contributed by atoms with E-state index in [1.54, 1.807) is 7.11 Å². The molecule has 0 bridgehead atoms. The van der Waals surface area contributed by atoms with Crippen molar-refractivity contribution >= 4 is 11.8 Å². The summed E-state index contributed by atoms with van der Waals surface area (Å²) in [7, 11) is 1.65. The minimum absolute atomic E-state index is 0.0805. The van der Waals surface area contributed by atoms with Gasteiger partial charge in [-0.25, -0.2) is 4.79 Å². The van der Waals surface area contributed by atoms with Crippen molar-refractivity contribution in [3.8, 4) is 0 Å². The predicted molar refractivity (Wildman–Crippen MR) is 108 cm³/mol. The molecule has 5 nitrogen and oxygen atoms in total. The molecule has 3 rings (SSSR count). The van der Waals surface area contributed by atoms with Gasteiger partial charge < -0.3 is 14.8 Å². The number of dihydropyridines is 1. The largest absolute Gasteiger partial charge is 0.463 e. The molecule has 156 valence electrons. The second-order valence-corrected chi connectivity index (χ2v) is 9.26. The Morgan fingerprint density at radius 1 is 1.21 bits per heavy atom. The van der Waals surface area contributed by atoms with Gasteiger partial charge in [0.25, 0.3) is 0 Å². The quantitative estimate of drug-likeness (QED) is 0.711. The van der Waals surface area contributed by atoms with Gasteiger partial charge >= 0.3 is 5.97 Å². The van der Waals surface area contributed by atoms with E-state index in [4.69, 9.17) is 9.47 Å². The number of hydrogen-bond acceptors (Lipinski definition) is 5. The number of rotatable bonds is 5. The average molecular weight is 390 g/mol. The molecule has 1 N–H and O–H groups in total. The smallest absolute Gasteiger partial charge is 0.336 e. The zero-order valence-electron chi connectivity index (χ0n) is 18.0. The van der Waals surface area contributed by atoms with Gasteiger partial charge in [0.05, 0.1) is 24.0 Å². The number of methoxy groups -OCH3 is 1. The van der Waals surface area contributed by atoms with Crippen LogP contribution in [-0.2, 0) is 19.1 Å². The first kappa shape index (κ1) is 21.1. The maximum Gasteiger partial charge on any atom is 0.336 e. The average Bonchev–Trinajstić information content (AvgIpc) is 2.65. The Kier molecular flexibility index (Phi) is 6.33. The second kappa shape index (κ2) is 8.40. The first-order valence-corrected chi connectivity index (χ1v) is 10.8. The summed E-state index contributed by atoms with van der Waals surface area (Å²) in [6.45, 7) is 8.36. The summed E-state index contributed by atoms with van der Waals surface area (Å²) in [5.41, 5.74) is 3.14. The number of hydrogen-bond donors (Lipinski definition) is 1. The van der Waals surface area contributed by atoms with E-state index in [2.05, 4.69) is 19.2 Å². The molecule has 1 saturated carbocycles. The molecule has 1 fully saturated rings. The Bertz CT molecular complexity index is 697. The highest BCUT2D eigenvalue weighted by Crippen LogP contribution is 2.48. The standard InChI is InChI=1S/C23H35NO4/c1-6-28-22(26)20-18(15-10-8-7-9-11-15)19-16(24-21(20)14(2)27-5)12-23(3,4)13-17(19)25/h14-15,18,24H,6-13H2,1-5H3. The van der Waals surface area contributed by atoms with Crippen LogP contribution in [0.1, 0.15) is 72.6 Å². The lowest BCUT2D eigenvalue weighted by Crippen LogP contribution is -2.44. The van der Waals surface area contributed by atoms with Crippen molar-refractivity contribution in [2.75, 3.05) is 13.7 Å². The molecule has 3 aliphatic rings. The number of allylic oxidation sites excluding steroid dienone is 2. The summed E-state index contributed by atoms with van der Waals surface area (Å²) in [5.74, 6) is 0.00479. The van der Waals surface area contributed by atoms with Crippen molar-refractivity contribution in [1.29, 1.82) is 0 Å². The first-order chi connectivity index (χ1) is 13.3. The highest BCUT2D eigenvalue weighted by atomic mass is 16.5. The van der Waals surface area contributed by atoms with Crippen LogP contribution in [0.3, 0.4) is 0 Å². The molecule has 0 aromatic rings. The molecular weight excluding hydrogens is 354 g/mol. The minimum Gasteiger partial charge on any atom is -0.463 e. The third-order valence-electron chi connectivity index (χ3n) is 6.49. The van der Waals surface area contributed by atoms with E-state index >= 15 is 0 Å². The number of ketones is 1. The van der Waals surface area contributed by atoms with Gasteiger partial charge in [-0.2, -0.15) is 0 Å². The number of carbonyl (C=O) groups is 2. The number of carbonyl (C=O) groups excluding carboxylic acids is 2. The van der Waals surface area contributed by atoms with Crippen LogP contribution in [0, 0.1) is 17.3 Å². The van der Waals surface area contributed by atoms with Crippen LogP contribution in [0.15, 0.2) is 22.5 Å². The lowest BCUT2D eigenvalue weighted by molar-refractivity contribution is -0.139. The van der Waals surface area contributed by atoms with Gasteiger partial charge in [0.15, 0.2) is 5.78 Å². The van der Waals surface area contributed by atoms with Gasteiger partial charge in [0, 0.05) is 30.7 Å². The maximum atomic E-state index is 13.3. The zero-order chi connectivity index (χ0) is 20.5. The van der Waals surface area contributed by atoms with Gasteiger partial charge in [0.2, 0.25) is 0 Å². The van der Waals surface area contributed by atoms with E-state index in [1.165, 1.54) is 6.42 Å². The second-order valence-electron chi connectivity index (χ2n) is 9.26. The van der Waals surface area contributed by atoms with Crippen LogP contribution in [0.4, 0.5) is 0 Å². The SMILES string of the molecule is CCOC(=O)C1=C(C(C)OC)NC2=C(C(=O)CC(C)(C)C2)C1C1CCCCC1. The van der Waals surface area contributed by atoms with E-state index < -0.39 is 0 Å². The molecule has 0 amide bonds. The Morgan fingerprint density at radius 2 is 1.89 bits per heavy atom. The molecule has 0 saturated heterocycles. The normalized spacial score (nSPS) is 26.6. The summed E-state index contributed by atoms with van der Waals surface area (Å²) in [5, 5.41) is 3.46. The fourth-order valence-corrected chi connectivity index (χ4v) is 5.17. The Labute approximate surface area is 168 Å². The molecule has 0 spiro atoms. The van der Waals surface area contributed by atoms with E-state index in [1.807, 2.05) is 13.8 Å². The van der Waals surface area contributed by atoms with Gasteiger partial charge in [-0.1, -0.05) is 33.1 Å². The van der Waals surface area contributed by atoms with E-state index in [0.717, 1.165) is 49.1 Å². The first-order valence-electron chi connectivity index (χ1n) is 10.8. The van der Waals surface area contributed by atoms with Crippen LogP contribution in [-0.4, -0.2) is 31.6 Å². The van der Waals surface area contributed by atoms with Crippen LogP contribution in [0.25, 0.3) is 0 Å². The van der Waals surface area contributed by atoms with Crippen molar-refractivity contribution < 1.29 is 19.1 Å². The van der Waals surface area contributed by atoms with Crippen LogP contribution in [0.5, 0.6) is 0 Å². The van der Waals surface area contributed by atoms with Gasteiger partial charge in [-0.05, 0) is 44.4 Å². The Hall–Kier alpha value is -1.62. The fraction of sp³-hybridized carbons (Fsp3) is 0.739. The molecule has 5 heteroatoms. The maximum absolute atomic E-state index is 13.3.